The van der Waals surface area contributed by atoms with Crippen LogP contribution in [-0.2, 0) is 6.54 Å². The van der Waals surface area contributed by atoms with E-state index in [2.05, 4.69) is 15.6 Å². The maximum atomic E-state index is 11.7. The average Bonchev–Trinajstić information content (AvgIpc) is 2.92. The summed E-state index contributed by atoms with van der Waals surface area (Å²) < 4.78 is 7.05. The zero-order valence-corrected chi connectivity index (χ0v) is 10.7. The zero-order chi connectivity index (χ0) is 13.5. The lowest BCUT2D eigenvalue weighted by atomic mass is 10.3. The zero-order valence-electron chi connectivity index (χ0n) is 10.7. The van der Waals surface area contributed by atoms with Crippen LogP contribution in [0.15, 0.2) is 43.0 Å². The molecule has 2 aromatic rings. The Morgan fingerprint density at radius 1 is 1.42 bits per heavy atom. The molecule has 0 saturated heterocycles. The van der Waals surface area contributed by atoms with Crippen molar-refractivity contribution in [2.45, 2.75) is 6.54 Å². The Labute approximate surface area is 111 Å². The molecule has 1 aromatic carbocycles. The Kier molecular flexibility index (Phi) is 4.39. The fourth-order valence-electron chi connectivity index (χ4n) is 1.63. The molecular formula is C13H16N4O2. The Hall–Kier alpha value is -2.50. The van der Waals surface area contributed by atoms with Crippen LogP contribution in [-0.4, -0.2) is 29.2 Å². The van der Waals surface area contributed by atoms with Gasteiger partial charge in [0.2, 0.25) is 0 Å². The van der Waals surface area contributed by atoms with Crippen LogP contribution >= 0.6 is 0 Å². The number of carbonyl (C=O) groups excluding carboxylic acids is 1. The smallest absolute Gasteiger partial charge is 0.319 e. The van der Waals surface area contributed by atoms with E-state index in [0.717, 1.165) is 0 Å². The van der Waals surface area contributed by atoms with Gasteiger partial charge in [-0.1, -0.05) is 12.1 Å². The molecule has 0 atom stereocenters. The predicted molar refractivity (Wildman–Crippen MR) is 72.2 cm³/mol. The number of para-hydroxylation sites is 2. The van der Waals surface area contributed by atoms with Crippen LogP contribution < -0.4 is 15.4 Å². The molecule has 100 valence electrons. The number of imidazole rings is 1. The number of nitrogens with one attached hydrogen (secondary N) is 2. The van der Waals surface area contributed by atoms with Crippen molar-refractivity contribution in [3.8, 4) is 5.75 Å². The second kappa shape index (κ2) is 6.44. The van der Waals surface area contributed by atoms with Crippen LogP contribution in [0.2, 0.25) is 0 Å². The molecule has 0 bridgehead atoms. The molecular weight excluding hydrogens is 244 g/mol. The van der Waals surface area contributed by atoms with Crippen LogP contribution in [0.4, 0.5) is 10.5 Å². The van der Waals surface area contributed by atoms with Gasteiger partial charge in [0.05, 0.1) is 19.1 Å². The number of hydrogen-bond donors (Lipinski definition) is 2. The highest BCUT2D eigenvalue weighted by atomic mass is 16.5. The molecule has 6 heteroatoms. The van der Waals surface area contributed by atoms with Crippen LogP contribution in [0, 0.1) is 0 Å². The number of amides is 2. The molecule has 19 heavy (non-hydrogen) atoms. The van der Waals surface area contributed by atoms with Crippen molar-refractivity contribution in [2.75, 3.05) is 19.0 Å². The molecule has 0 fully saturated rings. The highest BCUT2D eigenvalue weighted by Gasteiger charge is 2.05. The van der Waals surface area contributed by atoms with Crippen molar-refractivity contribution in [3.63, 3.8) is 0 Å². The summed E-state index contributed by atoms with van der Waals surface area (Å²) in [6.45, 7) is 1.21. The van der Waals surface area contributed by atoms with Crippen LogP contribution in [0.1, 0.15) is 0 Å². The second-order valence-corrected chi connectivity index (χ2v) is 3.88. The largest absolute Gasteiger partial charge is 0.495 e. The summed E-state index contributed by atoms with van der Waals surface area (Å²) in [5.41, 5.74) is 0.644. The summed E-state index contributed by atoms with van der Waals surface area (Å²) in [5, 5.41) is 5.51. The first-order valence-electron chi connectivity index (χ1n) is 5.93. The molecule has 0 radical (unpaired) electrons. The van der Waals surface area contributed by atoms with Gasteiger partial charge in [-0.25, -0.2) is 9.78 Å². The SMILES string of the molecule is COc1ccccc1NC(=O)NCCn1ccnc1. The Morgan fingerprint density at radius 2 is 2.26 bits per heavy atom. The molecule has 2 N–H and O–H groups in total. The van der Waals surface area contributed by atoms with Gasteiger partial charge < -0.3 is 19.9 Å². The normalized spacial score (nSPS) is 9.95. The molecule has 0 unspecified atom stereocenters. The molecule has 0 saturated carbocycles. The molecule has 0 spiro atoms. The fraction of sp³-hybridized carbons (Fsp3) is 0.231. The summed E-state index contributed by atoms with van der Waals surface area (Å²) in [6, 6.07) is 7.00. The van der Waals surface area contributed by atoms with Gasteiger partial charge in [-0.3, -0.25) is 0 Å². The van der Waals surface area contributed by atoms with Crippen LogP contribution in [0.25, 0.3) is 0 Å². The topological polar surface area (TPSA) is 68.2 Å². The third-order valence-electron chi connectivity index (χ3n) is 2.57. The van der Waals surface area contributed by atoms with Gasteiger partial charge in [-0.05, 0) is 12.1 Å². The van der Waals surface area contributed by atoms with E-state index < -0.39 is 0 Å². The van der Waals surface area contributed by atoms with Crippen molar-refractivity contribution in [1.29, 1.82) is 0 Å². The molecule has 0 aliphatic carbocycles. The first-order chi connectivity index (χ1) is 9.29. The molecule has 2 amide bonds. The average molecular weight is 260 g/mol. The lowest BCUT2D eigenvalue weighted by molar-refractivity contribution is 0.251. The summed E-state index contributed by atoms with van der Waals surface area (Å²) in [6.07, 6.45) is 5.26. The first-order valence-corrected chi connectivity index (χ1v) is 5.93. The van der Waals surface area contributed by atoms with Crippen molar-refractivity contribution in [1.82, 2.24) is 14.9 Å². The van der Waals surface area contributed by atoms with Gasteiger partial charge in [0, 0.05) is 25.5 Å². The van der Waals surface area contributed by atoms with E-state index >= 15 is 0 Å². The Bertz CT molecular complexity index is 525. The number of benzene rings is 1. The summed E-state index contributed by atoms with van der Waals surface area (Å²) in [4.78, 5) is 15.6. The third kappa shape index (κ3) is 3.74. The number of nitrogens with zero attached hydrogens (tertiary/aromatic N) is 2. The standard InChI is InChI=1S/C13H16N4O2/c1-19-12-5-3-2-4-11(12)16-13(18)15-7-9-17-8-6-14-10-17/h2-6,8,10H,7,9H2,1H3,(H2,15,16,18). The molecule has 6 nitrogen and oxygen atoms in total. The van der Waals surface area contributed by atoms with Crippen LogP contribution in [0.5, 0.6) is 5.75 Å². The maximum absolute atomic E-state index is 11.7. The Balaban J connectivity index is 1.80. The summed E-state index contributed by atoms with van der Waals surface area (Å²) in [7, 11) is 1.57. The van der Waals surface area contributed by atoms with E-state index in [0.29, 0.717) is 24.5 Å². The van der Waals surface area contributed by atoms with E-state index in [9.17, 15) is 4.79 Å². The van der Waals surface area contributed by atoms with E-state index in [-0.39, 0.29) is 6.03 Å². The van der Waals surface area contributed by atoms with Gasteiger partial charge in [-0.2, -0.15) is 0 Å². The van der Waals surface area contributed by atoms with Crippen LogP contribution in [0.3, 0.4) is 0 Å². The first kappa shape index (κ1) is 12.9. The molecule has 1 aromatic heterocycles. The van der Waals surface area contributed by atoms with Gasteiger partial charge in [-0.15, -0.1) is 0 Å². The molecule has 2 rings (SSSR count). The van der Waals surface area contributed by atoms with Crippen molar-refractivity contribution >= 4 is 11.7 Å². The number of hydrogen-bond acceptors (Lipinski definition) is 3. The number of ether oxygens (including phenoxy) is 1. The second-order valence-electron chi connectivity index (χ2n) is 3.88. The van der Waals surface area contributed by atoms with Crippen molar-refractivity contribution in [2.24, 2.45) is 0 Å². The lowest BCUT2D eigenvalue weighted by Gasteiger charge is -2.11. The predicted octanol–water partition coefficient (Wildman–Crippen LogP) is 1.71. The number of anilines is 1. The lowest BCUT2D eigenvalue weighted by Crippen LogP contribution is -2.31. The van der Waals surface area contributed by atoms with E-state index in [1.807, 2.05) is 22.9 Å². The van der Waals surface area contributed by atoms with Gasteiger partial charge in [0.25, 0.3) is 0 Å². The number of rotatable bonds is 5. The fourth-order valence-corrected chi connectivity index (χ4v) is 1.63. The van der Waals surface area contributed by atoms with Gasteiger partial charge in [0.1, 0.15) is 5.75 Å². The summed E-state index contributed by atoms with van der Waals surface area (Å²) >= 11 is 0. The van der Waals surface area contributed by atoms with E-state index in [4.69, 9.17) is 4.74 Å². The minimum absolute atomic E-state index is 0.260. The third-order valence-corrected chi connectivity index (χ3v) is 2.57. The van der Waals surface area contributed by atoms with Gasteiger partial charge >= 0.3 is 6.03 Å². The van der Waals surface area contributed by atoms with Gasteiger partial charge in [0.15, 0.2) is 0 Å². The Morgan fingerprint density at radius 3 is 3.00 bits per heavy atom. The monoisotopic (exact) mass is 260 g/mol. The van der Waals surface area contributed by atoms with E-state index in [1.165, 1.54) is 0 Å². The number of methoxy groups -OCH3 is 1. The van der Waals surface area contributed by atoms with E-state index in [1.54, 1.807) is 31.8 Å². The molecule has 1 heterocycles. The summed E-state index contributed by atoms with van der Waals surface area (Å²) in [5.74, 6) is 0.632. The molecule has 0 aliphatic rings. The number of aromatic nitrogens is 2. The quantitative estimate of drug-likeness (QED) is 0.860. The van der Waals surface area contributed by atoms with Crippen molar-refractivity contribution in [3.05, 3.63) is 43.0 Å². The number of carbonyl (C=O) groups is 1. The maximum Gasteiger partial charge on any atom is 0.319 e. The minimum atomic E-state index is -0.260. The number of urea groups is 1. The highest BCUT2D eigenvalue weighted by molar-refractivity contribution is 5.90. The van der Waals surface area contributed by atoms with Crippen molar-refractivity contribution < 1.29 is 9.53 Å². The minimum Gasteiger partial charge on any atom is -0.495 e. The highest BCUT2D eigenvalue weighted by Crippen LogP contribution is 2.22. The molecule has 0 aliphatic heterocycles.